The van der Waals surface area contributed by atoms with E-state index in [-0.39, 0.29) is 12.5 Å². The second-order valence-corrected chi connectivity index (χ2v) is 4.91. The lowest BCUT2D eigenvalue weighted by molar-refractivity contribution is -0.148. The normalized spacial score (nSPS) is 11.5. The lowest BCUT2D eigenvalue weighted by Gasteiger charge is -2.12. The summed E-state index contributed by atoms with van der Waals surface area (Å²) in [5.41, 5.74) is 1.07. The maximum Gasteiger partial charge on any atom is 0.331 e. The summed E-state index contributed by atoms with van der Waals surface area (Å²) in [6, 6.07) is 6.43. The average Bonchev–Trinajstić information content (AvgIpc) is 2.54. The topological polar surface area (TPSA) is 111 Å². The number of amides is 2. The van der Waals surface area contributed by atoms with Gasteiger partial charge in [-0.3, -0.25) is 9.59 Å². The van der Waals surface area contributed by atoms with Crippen LogP contribution in [0.15, 0.2) is 36.4 Å². The summed E-state index contributed by atoms with van der Waals surface area (Å²) < 4.78 is 9.51. The Bertz CT molecular complexity index is 666. The number of benzene rings is 1. The van der Waals surface area contributed by atoms with Crippen LogP contribution < -0.4 is 10.6 Å². The molecule has 0 saturated heterocycles. The number of anilines is 2. The SMILES string of the molecule is CCOC(=O)/C=C/C(=O)O[C@@H](C)C(=O)Nc1ccc(NC(C)=O)cc1. The van der Waals surface area contributed by atoms with Gasteiger partial charge in [-0.05, 0) is 38.1 Å². The number of nitrogens with one attached hydrogen (secondary N) is 2. The molecule has 0 aliphatic heterocycles. The van der Waals surface area contributed by atoms with E-state index in [0.717, 1.165) is 12.2 Å². The Morgan fingerprint density at radius 1 is 1.00 bits per heavy atom. The molecule has 0 aromatic heterocycles. The maximum atomic E-state index is 12.0. The first-order valence-corrected chi connectivity index (χ1v) is 7.55. The van der Waals surface area contributed by atoms with Gasteiger partial charge in [0, 0.05) is 30.5 Å². The van der Waals surface area contributed by atoms with Gasteiger partial charge in [-0.1, -0.05) is 0 Å². The van der Waals surface area contributed by atoms with Gasteiger partial charge < -0.3 is 20.1 Å². The van der Waals surface area contributed by atoms with Crippen molar-refractivity contribution in [2.75, 3.05) is 17.2 Å². The molecule has 2 amide bonds. The number of rotatable bonds is 7. The predicted molar refractivity (Wildman–Crippen MR) is 90.7 cm³/mol. The Labute approximate surface area is 145 Å². The highest BCUT2D eigenvalue weighted by Crippen LogP contribution is 2.14. The van der Waals surface area contributed by atoms with Crippen LogP contribution in [-0.4, -0.2) is 36.5 Å². The number of carbonyl (C=O) groups is 4. The van der Waals surface area contributed by atoms with Crippen molar-refractivity contribution in [3.8, 4) is 0 Å². The summed E-state index contributed by atoms with van der Waals surface area (Å²) in [5.74, 6) is -2.24. The molecule has 0 aliphatic rings. The summed E-state index contributed by atoms with van der Waals surface area (Å²) in [6.07, 6.45) is 0.760. The minimum absolute atomic E-state index is 0.192. The average molecular weight is 348 g/mol. The minimum Gasteiger partial charge on any atom is -0.463 e. The van der Waals surface area contributed by atoms with E-state index in [4.69, 9.17) is 4.74 Å². The van der Waals surface area contributed by atoms with Crippen molar-refractivity contribution in [3.05, 3.63) is 36.4 Å². The Kier molecular flexibility index (Phi) is 7.85. The first-order valence-electron chi connectivity index (χ1n) is 7.55. The molecular formula is C17H20N2O6. The second kappa shape index (κ2) is 9.86. The van der Waals surface area contributed by atoms with Crippen molar-refractivity contribution in [1.29, 1.82) is 0 Å². The molecule has 0 fully saturated rings. The third kappa shape index (κ3) is 7.78. The molecule has 1 rings (SSSR count). The second-order valence-electron chi connectivity index (χ2n) is 4.91. The summed E-state index contributed by atoms with van der Waals surface area (Å²) in [6.45, 7) is 4.62. The Balaban J connectivity index is 2.52. The molecule has 0 radical (unpaired) electrons. The van der Waals surface area contributed by atoms with Crippen LogP contribution in [-0.2, 0) is 28.7 Å². The highest BCUT2D eigenvalue weighted by molar-refractivity contribution is 5.97. The molecular weight excluding hydrogens is 328 g/mol. The molecule has 0 saturated carbocycles. The number of carbonyl (C=O) groups excluding carboxylic acids is 4. The molecule has 1 atom stereocenters. The van der Waals surface area contributed by atoms with Crippen molar-refractivity contribution < 1.29 is 28.7 Å². The summed E-state index contributed by atoms with van der Waals surface area (Å²) in [5, 5.41) is 5.17. The molecule has 25 heavy (non-hydrogen) atoms. The molecule has 0 bridgehead atoms. The fourth-order valence-corrected chi connectivity index (χ4v) is 1.68. The van der Waals surface area contributed by atoms with Crippen molar-refractivity contribution in [2.45, 2.75) is 26.9 Å². The van der Waals surface area contributed by atoms with Gasteiger partial charge >= 0.3 is 11.9 Å². The first-order chi connectivity index (χ1) is 11.8. The van der Waals surface area contributed by atoms with Crippen LogP contribution in [0.3, 0.4) is 0 Å². The van der Waals surface area contributed by atoms with Crippen LogP contribution in [0, 0.1) is 0 Å². The number of esters is 2. The number of hydrogen-bond donors (Lipinski definition) is 2. The first kappa shape index (κ1) is 19.9. The van der Waals surface area contributed by atoms with Crippen molar-refractivity contribution in [3.63, 3.8) is 0 Å². The van der Waals surface area contributed by atoms with Crippen molar-refractivity contribution >= 4 is 35.1 Å². The predicted octanol–water partition coefficient (Wildman–Crippen LogP) is 1.63. The monoisotopic (exact) mass is 348 g/mol. The van der Waals surface area contributed by atoms with Gasteiger partial charge in [-0.25, -0.2) is 9.59 Å². The third-order valence-electron chi connectivity index (χ3n) is 2.78. The van der Waals surface area contributed by atoms with Crippen LogP contribution in [0.5, 0.6) is 0 Å². The number of ether oxygens (including phenoxy) is 2. The van der Waals surface area contributed by atoms with Crippen LogP contribution in [0.25, 0.3) is 0 Å². The van der Waals surface area contributed by atoms with Crippen molar-refractivity contribution in [1.82, 2.24) is 0 Å². The van der Waals surface area contributed by atoms with Crippen molar-refractivity contribution in [2.24, 2.45) is 0 Å². The van der Waals surface area contributed by atoms with Gasteiger partial charge in [0.15, 0.2) is 6.10 Å². The fourth-order valence-electron chi connectivity index (χ4n) is 1.68. The van der Waals surface area contributed by atoms with Crippen LogP contribution in [0.1, 0.15) is 20.8 Å². The zero-order valence-electron chi connectivity index (χ0n) is 14.2. The van der Waals surface area contributed by atoms with E-state index in [0.29, 0.717) is 11.4 Å². The summed E-state index contributed by atoms with van der Waals surface area (Å²) in [4.78, 5) is 45.5. The number of hydrogen-bond acceptors (Lipinski definition) is 6. The van der Waals surface area contributed by atoms with E-state index in [2.05, 4.69) is 15.4 Å². The summed E-state index contributed by atoms with van der Waals surface area (Å²) >= 11 is 0. The molecule has 1 aromatic carbocycles. The highest BCUT2D eigenvalue weighted by atomic mass is 16.5. The Morgan fingerprint density at radius 3 is 2.04 bits per heavy atom. The van der Waals surface area contributed by atoms with Gasteiger partial charge in [0.05, 0.1) is 6.61 Å². The van der Waals surface area contributed by atoms with Crippen LogP contribution in [0.4, 0.5) is 11.4 Å². The van der Waals surface area contributed by atoms with Crippen LogP contribution in [0.2, 0.25) is 0 Å². The lowest BCUT2D eigenvalue weighted by atomic mass is 10.2. The van der Waals surface area contributed by atoms with E-state index in [1.165, 1.54) is 13.8 Å². The lowest BCUT2D eigenvalue weighted by Crippen LogP contribution is -2.29. The molecule has 134 valence electrons. The van der Waals surface area contributed by atoms with Gasteiger partial charge in [0.1, 0.15) is 0 Å². The van der Waals surface area contributed by atoms with Gasteiger partial charge in [0.25, 0.3) is 5.91 Å². The summed E-state index contributed by atoms with van der Waals surface area (Å²) in [7, 11) is 0. The molecule has 8 heteroatoms. The highest BCUT2D eigenvalue weighted by Gasteiger charge is 2.17. The van der Waals surface area contributed by atoms with E-state index in [1.807, 2.05) is 0 Å². The van der Waals surface area contributed by atoms with Crippen LogP contribution >= 0.6 is 0 Å². The van der Waals surface area contributed by atoms with Gasteiger partial charge in [-0.15, -0.1) is 0 Å². The molecule has 1 aromatic rings. The molecule has 0 heterocycles. The molecule has 8 nitrogen and oxygen atoms in total. The largest absolute Gasteiger partial charge is 0.463 e. The molecule has 0 aliphatic carbocycles. The van der Waals surface area contributed by atoms with E-state index in [1.54, 1.807) is 31.2 Å². The Morgan fingerprint density at radius 2 is 1.52 bits per heavy atom. The zero-order chi connectivity index (χ0) is 18.8. The molecule has 0 spiro atoms. The molecule has 0 unspecified atom stereocenters. The quantitative estimate of drug-likeness (QED) is 0.572. The van der Waals surface area contributed by atoms with Gasteiger partial charge in [0.2, 0.25) is 5.91 Å². The zero-order valence-corrected chi connectivity index (χ0v) is 14.2. The smallest absolute Gasteiger partial charge is 0.331 e. The fraction of sp³-hybridized carbons (Fsp3) is 0.294. The maximum absolute atomic E-state index is 12.0. The van der Waals surface area contributed by atoms with E-state index < -0.39 is 23.9 Å². The van der Waals surface area contributed by atoms with E-state index >= 15 is 0 Å². The molecule has 2 N–H and O–H groups in total. The van der Waals surface area contributed by atoms with E-state index in [9.17, 15) is 19.2 Å². The van der Waals surface area contributed by atoms with Gasteiger partial charge in [-0.2, -0.15) is 0 Å². The third-order valence-corrected chi connectivity index (χ3v) is 2.78. The standard InChI is InChI=1S/C17H20N2O6/c1-4-24-15(21)9-10-16(22)25-11(2)17(23)19-14-7-5-13(6-8-14)18-12(3)20/h5-11H,4H2,1-3H3,(H,18,20)(H,19,23)/b10-9+/t11-/m0/s1. The minimum atomic E-state index is -1.06. The Hall–Kier alpha value is -3.16.